The normalized spacial score (nSPS) is 31.7. The number of aromatic nitrogens is 1. The van der Waals surface area contributed by atoms with Gasteiger partial charge in [-0.1, -0.05) is 12.1 Å². The number of urea groups is 1. The first-order valence-corrected chi connectivity index (χ1v) is 14.0. The van der Waals surface area contributed by atoms with Crippen LogP contribution in [0.1, 0.15) is 32.1 Å². The lowest BCUT2D eigenvalue weighted by atomic mass is 9.47. The summed E-state index contributed by atoms with van der Waals surface area (Å²) in [6.07, 6.45) is 6.69. The summed E-state index contributed by atoms with van der Waals surface area (Å²) in [5.74, 6) is 1.98. The molecule has 4 saturated carbocycles. The molecule has 1 aromatic carbocycles. The summed E-state index contributed by atoms with van der Waals surface area (Å²) in [6, 6.07) is 12.3. The molecule has 3 heterocycles. The lowest BCUT2D eigenvalue weighted by molar-refractivity contribution is -0.145. The first-order valence-electron chi connectivity index (χ1n) is 14.0. The number of hydrogen-bond acceptors (Lipinski definition) is 6. The fourth-order valence-corrected chi connectivity index (χ4v) is 8.14. The van der Waals surface area contributed by atoms with Crippen LogP contribution in [0.25, 0.3) is 0 Å². The van der Waals surface area contributed by atoms with Gasteiger partial charge in [0.25, 0.3) is 0 Å². The van der Waals surface area contributed by atoms with Crippen molar-refractivity contribution in [3.05, 3.63) is 42.6 Å². The molecule has 9 heteroatoms. The molecule has 9 nitrogen and oxygen atoms in total. The van der Waals surface area contributed by atoms with Crippen molar-refractivity contribution < 1.29 is 14.3 Å². The molecule has 3 unspecified atom stereocenters. The van der Waals surface area contributed by atoms with Gasteiger partial charge in [-0.2, -0.15) is 0 Å². The first kappa shape index (κ1) is 23.8. The molecule has 8 rings (SSSR count). The topological polar surface area (TPSA) is 104 Å². The molecule has 3 amide bonds. The van der Waals surface area contributed by atoms with Crippen LogP contribution >= 0.6 is 0 Å². The predicted molar refractivity (Wildman–Crippen MR) is 146 cm³/mol. The fourth-order valence-electron chi connectivity index (χ4n) is 8.14. The van der Waals surface area contributed by atoms with Crippen LogP contribution in [0.2, 0.25) is 0 Å². The van der Waals surface area contributed by atoms with Crippen molar-refractivity contribution in [2.75, 3.05) is 54.1 Å². The molecule has 5 atom stereocenters. The van der Waals surface area contributed by atoms with Gasteiger partial charge in [-0.3, -0.25) is 9.69 Å². The van der Waals surface area contributed by atoms with Crippen molar-refractivity contribution in [3.63, 3.8) is 0 Å². The van der Waals surface area contributed by atoms with E-state index in [2.05, 4.69) is 33.3 Å². The number of fused-ring (bicyclic) bond motifs is 1. The van der Waals surface area contributed by atoms with Gasteiger partial charge in [0, 0.05) is 37.6 Å². The maximum Gasteiger partial charge on any atom is 0.322 e. The Morgan fingerprint density at radius 3 is 2.37 bits per heavy atom. The summed E-state index contributed by atoms with van der Waals surface area (Å²) in [4.78, 5) is 37.2. The van der Waals surface area contributed by atoms with Crippen molar-refractivity contribution in [3.8, 4) is 0 Å². The van der Waals surface area contributed by atoms with E-state index in [9.17, 15) is 9.59 Å². The first-order chi connectivity index (χ1) is 18.5. The quantitative estimate of drug-likeness (QED) is 0.647. The van der Waals surface area contributed by atoms with Gasteiger partial charge in [0.2, 0.25) is 5.91 Å². The number of primary amides is 1. The zero-order chi connectivity index (χ0) is 25.9. The predicted octanol–water partition coefficient (Wildman–Crippen LogP) is 3.27. The van der Waals surface area contributed by atoms with Crippen molar-refractivity contribution in [2.24, 2.45) is 28.9 Å². The van der Waals surface area contributed by atoms with E-state index in [-0.39, 0.29) is 23.4 Å². The monoisotopic (exact) mass is 516 g/mol. The van der Waals surface area contributed by atoms with Gasteiger partial charge >= 0.3 is 6.03 Å². The van der Waals surface area contributed by atoms with E-state index in [1.54, 1.807) is 0 Å². The van der Waals surface area contributed by atoms with Crippen LogP contribution in [-0.4, -0.2) is 62.4 Å². The minimum atomic E-state index is -0.347. The molecular formula is C29H36N6O3. The molecule has 4 bridgehead atoms. The molecule has 1 aromatic heterocycles. The maximum atomic E-state index is 13.7. The third kappa shape index (κ3) is 3.90. The van der Waals surface area contributed by atoms with Gasteiger partial charge in [0.1, 0.15) is 5.82 Å². The van der Waals surface area contributed by atoms with Gasteiger partial charge in [-0.05, 0) is 74.1 Å². The summed E-state index contributed by atoms with van der Waals surface area (Å²) in [5, 5.41) is 3.41. The number of carbonyl (C=O) groups is 2. The molecule has 6 aliphatic rings. The Bertz CT molecular complexity index is 1210. The number of rotatable bonds is 4. The Hall–Kier alpha value is -3.33. The Morgan fingerprint density at radius 2 is 1.68 bits per heavy atom. The Labute approximate surface area is 223 Å². The van der Waals surface area contributed by atoms with Gasteiger partial charge in [-0.25, -0.2) is 9.78 Å². The summed E-state index contributed by atoms with van der Waals surface area (Å²) < 4.78 is 5.47. The number of amides is 3. The Balaban J connectivity index is 1.08. The molecular weight excluding hydrogens is 480 g/mol. The van der Waals surface area contributed by atoms with Crippen molar-refractivity contribution in [1.82, 2.24) is 10.3 Å². The zero-order valence-electron chi connectivity index (χ0n) is 21.7. The summed E-state index contributed by atoms with van der Waals surface area (Å²) in [7, 11) is 0. The van der Waals surface area contributed by atoms with E-state index in [0.717, 1.165) is 81.3 Å². The van der Waals surface area contributed by atoms with Gasteiger partial charge in [-0.15, -0.1) is 0 Å². The molecule has 2 aliphatic heterocycles. The SMILES string of the molecule is NC(=O)C12CC3C[C@H](C1)C(NC(=O)N1CCN(c4ccc(N5CCOCC5)cn4)c4ccccc41)[C@@H](C3)C2. The number of hydrogen-bond donors (Lipinski definition) is 2. The molecule has 200 valence electrons. The minimum Gasteiger partial charge on any atom is -0.378 e. The molecule has 38 heavy (non-hydrogen) atoms. The molecule has 5 fully saturated rings. The van der Waals surface area contributed by atoms with Crippen LogP contribution in [-0.2, 0) is 9.53 Å². The van der Waals surface area contributed by atoms with Gasteiger partial charge in [0.05, 0.1) is 36.5 Å². The lowest BCUT2D eigenvalue weighted by Gasteiger charge is -2.59. The van der Waals surface area contributed by atoms with Gasteiger partial charge < -0.3 is 25.6 Å². The van der Waals surface area contributed by atoms with Crippen LogP contribution in [0.15, 0.2) is 42.6 Å². The number of benzene rings is 1. The lowest BCUT2D eigenvalue weighted by Crippen LogP contribution is -2.63. The zero-order valence-corrected chi connectivity index (χ0v) is 21.7. The Kier molecular flexibility index (Phi) is 5.72. The average molecular weight is 517 g/mol. The van der Waals surface area contributed by atoms with Crippen molar-refractivity contribution >= 4 is 34.8 Å². The second kappa shape index (κ2) is 9.15. The third-order valence-electron chi connectivity index (χ3n) is 9.73. The number of anilines is 4. The second-order valence-electron chi connectivity index (χ2n) is 11.9. The van der Waals surface area contributed by atoms with Crippen molar-refractivity contribution in [2.45, 2.75) is 38.1 Å². The number of para-hydroxylation sites is 2. The standard InChI is InChI=1S/C29H36N6O3/c30-27(36)29-15-19-13-20(16-29)26(21(14-19)17-29)32-28(37)35-8-7-34(23-3-1-2-4-24(23)35)25-6-5-22(18-31-25)33-9-11-38-12-10-33/h1-6,18-21,26H,7-17H2,(H2,30,36)(H,32,37)/t19?,20-,21+,26?,29?. The summed E-state index contributed by atoms with van der Waals surface area (Å²) >= 11 is 0. The molecule has 1 saturated heterocycles. The van der Waals surface area contributed by atoms with E-state index in [1.165, 1.54) is 0 Å². The number of ether oxygens (including phenoxy) is 1. The smallest absolute Gasteiger partial charge is 0.322 e. The number of nitrogens with zero attached hydrogens (tertiary/aromatic N) is 4. The van der Waals surface area contributed by atoms with E-state index in [1.807, 2.05) is 29.3 Å². The van der Waals surface area contributed by atoms with Gasteiger partial charge in [0.15, 0.2) is 0 Å². The number of nitrogens with one attached hydrogen (secondary N) is 1. The van der Waals surface area contributed by atoms with E-state index in [0.29, 0.717) is 30.8 Å². The van der Waals surface area contributed by atoms with Crippen molar-refractivity contribution in [1.29, 1.82) is 0 Å². The highest BCUT2D eigenvalue weighted by molar-refractivity contribution is 5.98. The molecule has 4 aliphatic carbocycles. The molecule has 0 radical (unpaired) electrons. The summed E-state index contributed by atoms with van der Waals surface area (Å²) in [6.45, 7) is 4.49. The third-order valence-corrected chi connectivity index (χ3v) is 9.73. The van der Waals surface area contributed by atoms with Crippen LogP contribution in [0, 0.1) is 23.2 Å². The Morgan fingerprint density at radius 1 is 0.947 bits per heavy atom. The minimum absolute atomic E-state index is 0.0432. The highest BCUT2D eigenvalue weighted by atomic mass is 16.5. The van der Waals surface area contributed by atoms with Crippen LogP contribution in [0.4, 0.5) is 27.7 Å². The fraction of sp³-hybridized carbons (Fsp3) is 0.552. The molecule has 2 aromatic rings. The number of morpholine rings is 1. The van der Waals surface area contributed by atoms with E-state index < -0.39 is 0 Å². The average Bonchev–Trinajstić information content (AvgIpc) is 2.94. The maximum absolute atomic E-state index is 13.7. The highest BCUT2D eigenvalue weighted by Crippen LogP contribution is 2.60. The highest BCUT2D eigenvalue weighted by Gasteiger charge is 2.58. The van der Waals surface area contributed by atoms with Crippen LogP contribution in [0.3, 0.4) is 0 Å². The van der Waals surface area contributed by atoms with E-state index in [4.69, 9.17) is 15.5 Å². The molecule has 0 spiro atoms. The molecule has 3 N–H and O–H groups in total. The summed E-state index contributed by atoms with van der Waals surface area (Å²) in [5.41, 5.74) is 8.51. The number of nitrogens with two attached hydrogens (primary N) is 1. The number of carbonyl (C=O) groups excluding carboxylic acids is 2. The van der Waals surface area contributed by atoms with E-state index >= 15 is 0 Å². The largest absolute Gasteiger partial charge is 0.378 e. The van der Waals surface area contributed by atoms with Crippen LogP contribution < -0.4 is 25.8 Å². The number of pyridine rings is 1. The second-order valence-corrected chi connectivity index (χ2v) is 11.9. The van der Waals surface area contributed by atoms with Crippen LogP contribution in [0.5, 0.6) is 0 Å².